The molecule has 0 amide bonds. The molecule has 1 rings (SSSR count). The summed E-state index contributed by atoms with van der Waals surface area (Å²) in [5, 5.41) is 7.00. The maximum Gasteiger partial charge on any atom is 0.333 e. The summed E-state index contributed by atoms with van der Waals surface area (Å²) in [5.74, 6) is 0. The van der Waals surface area contributed by atoms with Crippen LogP contribution in [0.4, 0.5) is 0 Å². The monoisotopic (exact) mass is 402 g/mol. The molecule has 136 valence electrons. The Balaban J connectivity index is 0. The largest absolute Gasteiger partial charge is 0.400 e. The second kappa shape index (κ2) is 13.7. The number of halogens is 1. The molecular formula is C17H27BrN2O4. The van der Waals surface area contributed by atoms with Gasteiger partial charge in [-0.2, -0.15) is 0 Å². The summed E-state index contributed by atoms with van der Waals surface area (Å²) in [6.45, 7) is 13.1. The van der Waals surface area contributed by atoms with E-state index >= 15 is 0 Å². The Kier molecular flexibility index (Phi) is 14.0. The van der Waals surface area contributed by atoms with Crippen molar-refractivity contribution in [2.45, 2.75) is 27.5 Å². The first kappa shape index (κ1) is 24.6. The van der Waals surface area contributed by atoms with Gasteiger partial charge in [0.15, 0.2) is 0 Å². The first-order valence-corrected chi connectivity index (χ1v) is 8.14. The predicted molar refractivity (Wildman–Crippen MR) is 102 cm³/mol. The molecule has 0 saturated heterocycles. The Morgan fingerprint density at radius 1 is 1.33 bits per heavy atom. The standard InChI is InChI=1S/C14H17BrN2O3.C2H6.CH4O/c1-5-6-7-10(2)8-20-9-17-13(18)11(3)12(15)16(4)14(17)19;2*1-2/h5-7H,1-2,8-9H2,3-4H3;1-2H3;2H,1H3/b7-6-;;. The predicted octanol–water partition coefficient (Wildman–Crippen LogP) is 2.53. The maximum atomic E-state index is 12.0. The first-order valence-electron chi connectivity index (χ1n) is 7.35. The van der Waals surface area contributed by atoms with Crippen molar-refractivity contribution in [3.8, 4) is 0 Å². The zero-order valence-corrected chi connectivity index (χ0v) is 16.6. The van der Waals surface area contributed by atoms with E-state index in [-0.39, 0.29) is 18.9 Å². The molecule has 0 aromatic carbocycles. The van der Waals surface area contributed by atoms with Crippen molar-refractivity contribution < 1.29 is 9.84 Å². The van der Waals surface area contributed by atoms with E-state index in [0.717, 1.165) is 17.3 Å². The number of hydrogen-bond acceptors (Lipinski definition) is 4. The van der Waals surface area contributed by atoms with Crippen molar-refractivity contribution >= 4 is 15.9 Å². The van der Waals surface area contributed by atoms with Crippen molar-refractivity contribution in [3.05, 3.63) is 68.0 Å². The van der Waals surface area contributed by atoms with Crippen molar-refractivity contribution in [1.82, 2.24) is 9.13 Å². The van der Waals surface area contributed by atoms with Crippen LogP contribution in [0.3, 0.4) is 0 Å². The smallest absolute Gasteiger partial charge is 0.333 e. The summed E-state index contributed by atoms with van der Waals surface area (Å²) in [6.07, 6.45) is 5.12. The third-order valence-corrected chi connectivity index (χ3v) is 3.79. The van der Waals surface area contributed by atoms with E-state index < -0.39 is 5.69 Å². The Labute approximate surface area is 151 Å². The number of aliphatic hydroxyl groups is 1. The molecule has 0 aliphatic heterocycles. The normalized spacial score (nSPS) is 9.62. The lowest BCUT2D eigenvalue weighted by Crippen LogP contribution is -2.41. The van der Waals surface area contributed by atoms with Gasteiger partial charge in [0.2, 0.25) is 0 Å². The highest BCUT2D eigenvalue weighted by molar-refractivity contribution is 9.10. The van der Waals surface area contributed by atoms with E-state index in [1.165, 1.54) is 4.57 Å². The zero-order chi connectivity index (χ0) is 19.3. The summed E-state index contributed by atoms with van der Waals surface area (Å²) in [6, 6.07) is 0. The van der Waals surface area contributed by atoms with Crippen LogP contribution in [0.15, 0.2) is 51.2 Å². The molecule has 0 aliphatic rings. The minimum atomic E-state index is -0.431. The highest BCUT2D eigenvalue weighted by atomic mass is 79.9. The van der Waals surface area contributed by atoms with Crippen molar-refractivity contribution in [2.24, 2.45) is 7.05 Å². The number of allylic oxidation sites excluding steroid dienone is 2. The first-order chi connectivity index (χ1) is 11.4. The molecule has 0 saturated carbocycles. The SMILES string of the molecule is C=C/C=C\C(=C)COCn1c(=O)c(C)c(Br)n(C)c1=O.CC.CO. The van der Waals surface area contributed by atoms with Gasteiger partial charge in [-0.15, -0.1) is 0 Å². The summed E-state index contributed by atoms with van der Waals surface area (Å²) in [4.78, 5) is 24.0. The molecule has 1 heterocycles. The second-order valence-corrected chi connectivity index (χ2v) is 4.97. The lowest BCUT2D eigenvalue weighted by Gasteiger charge is -2.11. The molecule has 6 nitrogen and oxygen atoms in total. The van der Waals surface area contributed by atoms with Crippen molar-refractivity contribution in [3.63, 3.8) is 0 Å². The highest BCUT2D eigenvalue weighted by Gasteiger charge is 2.11. The van der Waals surface area contributed by atoms with Crippen LogP contribution in [-0.2, 0) is 18.5 Å². The molecule has 1 aromatic heterocycles. The number of nitrogens with zero attached hydrogens (tertiary/aromatic N) is 2. The third-order valence-electron chi connectivity index (χ3n) is 2.66. The Hall–Kier alpha value is -1.70. The van der Waals surface area contributed by atoms with Crippen LogP contribution < -0.4 is 11.2 Å². The number of hydrogen-bond donors (Lipinski definition) is 1. The molecule has 0 aliphatic carbocycles. The van der Waals surface area contributed by atoms with E-state index in [4.69, 9.17) is 9.84 Å². The number of aromatic nitrogens is 2. The van der Waals surface area contributed by atoms with E-state index in [1.807, 2.05) is 13.8 Å². The number of ether oxygens (including phenoxy) is 1. The van der Waals surface area contributed by atoms with Crippen LogP contribution in [0.5, 0.6) is 0 Å². The van der Waals surface area contributed by atoms with Crippen molar-refractivity contribution in [1.29, 1.82) is 0 Å². The molecular weight excluding hydrogens is 376 g/mol. The molecule has 0 spiro atoms. The quantitative estimate of drug-likeness (QED) is 0.585. The molecule has 0 fully saturated rings. The molecule has 1 N–H and O–H groups in total. The Morgan fingerprint density at radius 3 is 2.38 bits per heavy atom. The lowest BCUT2D eigenvalue weighted by atomic mass is 10.3. The van der Waals surface area contributed by atoms with Gasteiger partial charge in [0.25, 0.3) is 5.56 Å². The van der Waals surface area contributed by atoms with E-state index in [0.29, 0.717) is 10.2 Å². The van der Waals surface area contributed by atoms with E-state index in [1.54, 1.807) is 32.2 Å². The topological polar surface area (TPSA) is 73.5 Å². The molecule has 1 aromatic rings. The van der Waals surface area contributed by atoms with Gasteiger partial charge in [-0.25, -0.2) is 9.36 Å². The van der Waals surface area contributed by atoms with Gasteiger partial charge in [-0.05, 0) is 28.4 Å². The number of aliphatic hydroxyl groups excluding tert-OH is 1. The summed E-state index contributed by atoms with van der Waals surface area (Å²) in [5.41, 5.74) is 0.386. The maximum absolute atomic E-state index is 12.0. The number of rotatable bonds is 6. The van der Waals surface area contributed by atoms with Gasteiger partial charge in [-0.1, -0.05) is 45.2 Å². The van der Waals surface area contributed by atoms with Crippen LogP contribution in [0.25, 0.3) is 0 Å². The lowest BCUT2D eigenvalue weighted by molar-refractivity contribution is 0.0895. The Bertz CT molecular complexity index is 635. The van der Waals surface area contributed by atoms with Gasteiger partial charge in [-0.3, -0.25) is 9.36 Å². The average Bonchev–Trinajstić information content (AvgIpc) is 2.62. The average molecular weight is 403 g/mol. The molecule has 0 atom stereocenters. The van der Waals surface area contributed by atoms with Crippen LogP contribution in [0, 0.1) is 6.92 Å². The molecule has 0 bridgehead atoms. The van der Waals surface area contributed by atoms with Crippen LogP contribution in [0.2, 0.25) is 0 Å². The minimum Gasteiger partial charge on any atom is -0.400 e. The third kappa shape index (κ3) is 7.25. The summed E-state index contributed by atoms with van der Waals surface area (Å²) >= 11 is 3.21. The second-order valence-electron chi connectivity index (χ2n) is 4.22. The molecule has 0 radical (unpaired) electrons. The molecule has 7 heteroatoms. The van der Waals surface area contributed by atoms with Gasteiger partial charge in [0.05, 0.1) is 11.2 Å². The van der Waals surface area contributed by atoms with Crippen LogP contribution in [-0.4, -0.2) is 28.0 Å². The van der Waals surface area contributed by atoms with Gasteiger partial charge in [0, 0.05) is 19.7 Å². The summed E-state index contributed by atoms with van der Waals surface area (Å²) < 4.78 is 8.21. The summed E-state index contributed by atoms with van der Waals surface area (Å²) in [7, 11) is 2.58. The van der Waals surface area contributed by atoms with Crippen LogP contribution >= 0.6 is 15.9 Å². The molecule has 0 unspecified atom stereocenters. The highest BCUT2D eigenvalue weighted by Crippen LogP contribution is 2.07. The van der Waals surface area contributed by atoms with Gasteiger partial charge in [0.1, 0.15) is 6.73 Å². The van der Waals surface area contributed by atoms with Crippen molar-refractivity contribution in [2.75, 3.05) is 13.7 Å². The fraction of sp³-hybridized carbons (Fsp3) is 0.412. The minimum absolute atomic E-state index is 0.111. The Morgan fingerprint density at radius 2 is 1.88 bits per heavy atom. The van der Waals surface area contributed by atoms with Gasteiger partial charge >= 0.3 is 5.69 Å². The molecule has 24 heavy (non-hydrogen) atoms. The van der Waals surface area contributed by atoms with Gasteiger partial charge < -0.3 is 9.84 Å². The van der Waals surface area contributed by atoms with E-state index in [2.05, 4.69) is 29.1 Å². The van der Waals surface area contributed by atoms with Crippen LogP contribution in [0.1, 0.15) is 19.4 Å². The zero-order valence-electron chi connectivity index (χ0n) is 15.0. The fourth-order valence-corrected chi connectivity index (χ4v) is 1.85. The van der Waals surface area contributed by atoms with E-state index in [9.17, 15) is 9.59 Å². The fourth-order valence-electron chi connectivity index (χ4n) is 1.53.